The Kier molecular flexibility index (Phi) is 3.27. The van der Waals surface area contributed by atoms with Crippen LogP contribution in [0.5, 0.6) is 0 Å². The maximum absolute atomic E-state index is 12.9. The average molecular weight is 350 g/mol. The Morgan fingerprint density at radius 2 is 2.04 bits per heavy atom. The van der Waals surface area contributed by atoms with Gasteiger partial charge in [0.1, 0.15) is 11.4 Å². The zero-order valence-corrected chi connectivity index (χ0v) is 14.1. The predicted molar refractivity (Wildman–Crippen MR) is 94.7 cm³/mol. The van der Waals surface area contributed by atoms with Crippen LogP contribution in [0.4, 0.5) is 0 Å². The highest BCUT2D eigenvalue weighted by atomic mass is 32.1. The summed E-state index contributed by atoms with van der Waals surface area (Å²) in [5.41, 5.74) is 2.02. The van der Waals surface area contributed by atoms with Crippen LogP contribution in [0.25, 0.3) is 21.7 Å². The Hall–Kier alpha value is -2.80. The molecule has 0 spiro atoms. The van der Waals surface area contributed by atoms with Gasteiger partial charge in [-0.15, -0.1) is 21.5 Å². The molecule has 0 atom stereocenters. The minimum atomic E-state index is -0.0242. The molecule has 4 aromatic rings. The molecular formula is C18H14N4O2S. The first-order chi connectivity index (χ1) is 12.3. The third-order valence-electron chi connectivity index (χ3n) is 4.49. The van der Waals surface area contributed by atoms with Crippen LogP contribution in [-0.2, 0) is 19.4 Å². The van der Waals surface area contributed by atoms with Gasteiger partial charge in [-0.1, -0.05) is 18.2 Å². The maximum Gasteiger partial charge on any atom is 0.262 e. The number of hydrogen-bond acceptors (Lipinski definition) is 6. The summed E-state index contributed by atoms with van der Waals surface area (Å²) in [5, 5.41) is 8.91. The van der Waals surface area contributed by atoms with E-state index in [1.54, 1.807) is 22.2 Å². The van der Waals surface area contributed by atoms with E-state index in [-0.39, 0.29) is 12.1 Å². The van der Waals surface area contributed by atoms with Crippen molar-refractivity contribution in [2.45, 2.75) is 25.8 Å². The molecule has 0 radical (unpaired) electrons. The highest BCUT2D eigenvalue weighted by Gasteiger charge is 2.21. The molecule has 0 bridgehead atoms. The number of fused-ring (bicyclic) bond motifs is 3. The molecule has 0 unspecified atom stereocenters. The highest BCUT2D eigenvalue weighted by molar-refractivity contribution is 7.18. The summed E-state index contributed by atoms with van der Waals surface area (Å²) in [4.78, 5) is 19.5. The standard InChI is InChI=1S/C18H14N4O2S/c23-18-15-12-7-4-8-13(12)25-17(15)19-10-22(18)9-14-20-21-16(24-14)11-5-2-1-3-6-11/h1-3,5-6,10H,4,7-9H2. The van der Waals surface area contributed by atoms with E-state index >= 15 is 0 Å². The van der Waals surface area contributed by atoms with Crippen LogP contribution < -0.4 is 5.56 Å². The normalized spacial score (nSPS) is 13.4. The van der Waals surface area contributed by atoms with Gasteiger partial charge in [-0.3, -0.25) is 9.36 Å². The Morgan fingerprint density at radius 1 is 1.16 bits per heavy atom. The van der Waals surface area contributed by atoms with E-state index in [0.29, 0.717) is 11.8 Å². The van der Waals surface area contributed by atoms with Gasteiger partial charge in [0.15, 0.2) is 0 Å². The first-order valence-corrected chi connectivity index (χ1v) is 8.99. The monoisotopic (exact) mass is 350 g/mol. The Labute approximate surface area is 146 Å². The van der Waals surface area contributed by atoms with Crippen molar-refractivity contribution in [3.05, 3.63) is 63.3 Å². The van der Waals surface area contributed by atoms with E-state index in [0.717, 1.165) is 35.0 Å². The molecule has 25 heavy (non-hydrogen) atoms. The lowest BCUT2D eigenvalue weighted by Crippen LogP contribution is -2.21. The molecule has 0 saturated heterocycles. The van der Waals surface area contributed by atoms with E-state index in [9.17, 15) is 4.79 Å². The molecule has 3 aromatic heterocycles. The maximum atomic E-state index is 12.9. The van der Waals surface area contributed by atoms with Crippen molar-refractivity contribution in [2.75, 3.05) is 0 Å². The van der Waals surface area contributed by atoms with Crippen LogP contribution in [0.2, 0.25) is 0 Å². The number of aryl methyl sites for hydroxylation is 2. The van der Waals surface area contributed by atoms with Crippen LogP contribution in [-0.4, -0.2) is 19.7 Å². The molecular weight excluding hydrogens is 336 g/mol. The summed E-state index contributed by atoms with van der Waals surface area (Å²) < 4.78 is 7.26. The third-order valence-corrected chi connectivity index (χ3v) is 5.68. The van der Waals surface area contributed by atoms with Crippen molar-refractivity contribution in [3.63, 3.8) is 0 Å². The molecule has 0 N–H and O–H groups in total. The Bertz CT molecular complexity index is 1130. The summed E-state index contributed by atoms with van der Waals surface area (Å²) in [6.07, 6.45) is 4.72. The van der Waals surface area contributed by atoms with E-state index in [1.165, 1.54) is 10.4 Å². The van der Waals surface area contributed by atoms with Crippen molar-refractivity contribution < 1.29 is 4.42 Å². The van der Waals surface area contributed by atoms with Crippen molar-refractivity contribution in [1.82, 2.24) is 19.7 Å². The van der Waals surface area contributed by atoms with Crippen LogP contribution in [0.1, 0.15) is 22.8 Å². The van der Waals surface area contributed by atoms with E-state index < -0.39 is 0 Å². The molecule has 7 heteroatoms. The second-order valence-electron chi connectivity index (χ2n) is 6.08. The molecule has 0 amide bonds. The highest BCUT2D eigenvalue weighted by Crippen LogP contribution is 2.34. The lowest BCUT2D eigenvalue weighted by atomic mass is 10.2. The number of aromatic nitrogens is 4. The zero-order valence-electron chi connectivity index (χ0n) is 13.3. The largest absolute Gasteiger partial charge is 0.419 e. The Balaban J connectivity index is 1.52. The molecule has 3 heterocycles. The van der Waals surface area contributed by atoms with Gasteiger partial charge in [-0.25, -0.2) is 4.98 Å². The van der Waals surface area contributed by atoms with Gasteiger partial charge in [0.05, 0.1) is 11.7 Å². The zero-order chi connectivity index (χ0) is 16.8. The van der Waals surface area contributed by atoms with Crippen molar-refractivity contribution in [3.8, 4) is 11.5 Å². The fourth-order valence-corrected chi connectivity index (χ4v) is 4.51. The molecule has 1 aliphatic carbocycles. The lowest BCUT2D eigenvalue weighted by molar-refractivity contribution is 0.483. The molecule has 124 valence electrons. The average Bonchev–Trinajstić information content (AvgIpc) is 3.34. The fourth-order valence-electron chi connectivity index (χ4n) is 3.29. The number of benzene rings is 1. The van der Waals surface area contributed by atoms with Gasteiger partial charge in [-0.2, -0.15) is 0 Å². The molecule has 0 aliphatic heterocycles. The summed E-state index contributed by atoms with van der Waals surface area (Å²) in [7, 11) is 0. The van der Waals surface area contributed by atoms with E-state index in [1.807, 2.05) is 30.3 Å². The van der Waals surface area contributed by atoms with Gasteiger partial charge in [0, 0.05) is 10.4 Å². The van der Waals surface area contributed by atoms with Crippen LogP contribution in [0.3, 0.4) is 0 Å². The molecule has 0 fully saturated rings. The summed E-state index contributed by atoms with van der Waals surface area (Å²) in [6.45, 7) is 0.228. The second kappa shape index (κ2) is 5.63. The minimum absolute atomic E-state index is 0.0242. The number of thiophene rings is 1. The van der Waals surface area contributed by atoms with Crippen molar-refractivity contribution >= 4 is 21.6 Å². The first kappa shape index (κ1) is 14.5. The third kappa shape index (κ3) is 2.39. The van der Waals surface area contributed by atoms with Crippen LogP contribution in [0, 0.1) is 0 Å². The number of hydrogen-bond donors (Lipinski definition) is 0. The number of nitrogens with zero attached hydrogens (tertiary/aromatic N) is 4. The topological polar surface area (TPSA) is 73.8 Å². The molecule has 5 rings (SSSR count). The van der Waals surface area contributed by atoms with E-state index in [2.05, 4.69) is 15.2 Å². The predicted octanol–water partition coefficient (Wildman–Crippen LogP) is 3.05. The molecule has 1 aliphatic rings. The molecule has 6 nitrogen and oxygen atoms in total. The van der Waals surface area contributed by atoms with Crippen molar-refractivity contribution in [1.29, 1.82) is 0 Å². The molecule has 1 aromatic carbocycles. The SMILES string of the molecule is O=c1c2c3c(sc2ncn1Cc1nnc(-c2ccccc2)o1)CCC3. The van der Waals surface area contributed by atoms with Gasteiger partial charge in [0.25, 0.3) is 5.56 Å². The first-order valence-electron chi connectivity index (χ1n) is 8.17. The quantitative estimate of drug-likeness (QED) is 0.568. The van der Waals surface area contributed by atoms with Gasteiger partial charge in [0.2, 0.25) is 11.8 Å². The summed E-state index contributed by atoms with van der Waals surface area (Å²) >= 11 is 1.64. The second-order valence-corrected chi connectivity index (χ2v) is 7.17. The van der Waals surface area contributed by atoms with Gasteiger partial charge >= 0.3 is 0 Å². The lowest BCUT2D eigenvalue weighted by Gasteiger charge is -2.02. The number of rotatable bonds is 3. The van der Waals surface area contributed by atoms with Gasteiger partial charge < -0.3 is 4.42 Å². The van der Waals surface area contributed by atoms with Gasteiger partial charge in [-0.05, 0) is 37.0 Å². The smallest absolute Gasteiger partial charge is 0.262 e. The minimum Gasteiger partial charge on any atom is -0.419 e. The van der Waals surface area contributed by atoms with Crippen LogP contribution in [0.15, 0.2) is 45.9 Å². The molecule has 0 saturated carbocycles. The van der Waals surface area contributed by atoms with E-state index in [4.69, 9.17) is 4.42 Å². The van der Waals surface area contributed by atoms with Crippen LogP contribution >= 0.6 is 11.3 Å². The summed E-state index contributed by atoms with van der Waals surface area (Å²) in [6, 6.07) is 9.58. The van der Waals surface area contributed by atoms with Crippen molar-refractivity contribution in [2.24, 2.45) is 0 Å². The summed E-state index contributed by atoms with van der Waals surface area (Å²) in [5.74, 6) is 0.850. The Morgan fingerprint density at radius 3 is 2.92 bits per heavy atom. The fraction of sp³-hybridized carbons (Fsp3) is 0.222.